The minimum absolute atomic E-state index is 0.123. The molecule has 0 spiro atoms. The number of para-hydroxylation sites is 1. The zero-order valence-corrected chi connectivity index (χ0v) is 22.0. The fourth-order valence-corrected chi connectivity index (χ4v) is 4.49. The second-order valence-corrected chi connectivity index (χ2v) is 9.73. The number of carbonyl (C=O) groups excluding carboxylic acids is 1. The van der Waals surface area contributed by atoms with Crippen molar-refractivity contribution in [3.63, 3.8) is 0 Å². The number of hydrogen-bond donors (Lipinski definition) is 1. The van der Waals surface area contributed by atoms with Gasteiger partial charge in [0.25, 0.3) is 5.91 Å². The lowest BCUT2D eigenvalue weighted by molar-refractivity contribution is -0.118. The van der Waals surface area contributed by atoms with E-state index in [0.29, 0.717) is 16.7 Å². The maximum absolute atomic E-state index is 12.4. The highest BCUT2D eigenvalue weighted by molar-refractivity contribution is 9.10. The number of nitrogens with one attached hydrogen (secondary N) is 1. The molecule has 0 radical (unpaired) electrons. The van der Waals surface area contributed by atoms with Crippen molar-refractivity contribution >= 4 is 55.7 Å². The van der Waals surface area contributed by atoms with Crippen molar-refractivity contribution in [1.82, 2.24) is 20.2 Å². The number of amides is 1. The molecule has 172 valence electrons. The lowest BCUT2D eigenvalue weighted by atomic mass is 10.2. The van der Waals surface area contributed by atoms with Crippen LogP contribution in [0, 0.1) is 0 Å². The Labute approximate surface area is 217 Å². The Morgan fingerprint density at radius 2 is 1.79 bits per heavy atom. The Kier molecular flexibility index (Phi) is 8.15. The van der Waals surface area contributed by atoms with Crippen LogP contribution in [0.25, 0.3) is 17.1 Å². The van der Waals surface area contributed by atoms with Crippen molar-refractivity contribution in [2.24, 2.45) is 5.10 Å². The number of benzene rings is 3. The van der Waals surface area contributed by atoms with E-state index >= 15 is 0 Å². The highest BCUT2D eigenvalue weighted by Crippen LogP contribution is 2.28. The highest BCUT2D eigenvalue weighted by atomic mass is 79.9. The monoisotopic (exact) mass is 599 g/mol. The smallest absolute Gasteiger partial charge is 0.250 e. The molecule has 0 fully saturated rings. The summed E-state index contributed by atoms with van der Waals surface area (Å²) in [5, 5.41) is 13.4. The summed E-state index contributed by atoms with van der Waals surface area (Å²) in [6.07, 6.45) is 1.55. The lowest BCUT2D eigenvalue weighted by Gasteiger charge is -2.10. The molecule has 0 unspecified atom stereocenters. The SMILES string of the molecule is COc1ccc(Br)cc1/C=N/NC(=O)CSc1nnc(-c2ccc(Br)cc2)n1-c1ccccc1. The van der Waals surface area contributed by atoms with Crippen LogP contribution in [0.15, 0.2) is 92.0 Å². The molecule has 0 aliphatic carbocycles. The van der Waals surface area contributed by atoms with E-state index in [9.17, 15) is 4.79 Å². The number of hydrogen-bond acceptors (Lipinski definition) is 6. The van der Waals surface area contributed by atoms with Crippen LogP contribution in [-0.2, 0) is 4.79 Å². The van der Waals surface area contributed by atoms with Crippen molar-refractivity contribution in [2.75, 3.05) is 12.9 Å². The summed E-state index contributed by atoms with van der Waals surface area (Å²) >= 11 is 8.17. The fourth-order valence-electron chi connectivity index (χ4n) is 3.10. The molecule has 3 aromatic carbocycles. The molecule has 4 rings (SSSR count). The van der Waals surface area contributed by atoms with E-state index in [-0.39, 0.29) is 11.7 Å². The molecule has 1 aromatic heterocycles. The summed E-state index contributed by atoms with van der Waals surface area (Å²) in [6.45, 7) is 0. The summed E-state index contributed by atoms with van der Waals surface area (Å²) in [6, 6.07) is 23.2. The van der Waals surface area contributed by atoms with Crippen LogP contribution in [-0.4, -0.2) is 39.7 Å². The second kappa shape index (κ2) is 11.5. The van der Waals surface area contributed by atoms with Crippen molar-refractivity contribution in [2.45, 2.75) is 5.16 Å². The van der Waals surface area contributed by atoms with E-state index in [1.54, 1.807) is 13.3 Å². The molecule has 0 atom stereocenters. The van der Waals surface area contributed by atoms with Crippen molar-refractivity contribution in [3.8, 4) is 22.8 Å². The quantitative estimate of drug-likeness (QED) is 0.159. The van der Waals surface area contributed by atoms with Gasteiger partial charge in [-0.15, -0.1) is 10.2 Å². The third kappa shape index (κ3) is 5.94. The number of aromatic nitrogens is 3. The largest absolute Gasteiger partial charge is 0.496 e. The maximum atomic E-state index is 12.4. The first kappa shape index (κ1) is 24.2. The Morgan fingerprint density at radius 3 is 2.53 bits per heavy atom. The molecule has 1 N–H and O–H groups in total. The van der Waals surface area contributed by atoms with Crippen LogP contribution >= 0.6 is 43.6 Å². The second-order valence-electron chi connectivity index (χ2n) is 6.95. The van der Waals surface area contributed by atoms with E-state index in [1.165, 1.54) is 11.8 Å². The predicted octanol–water partition coefficient (Wildman–Crippen LogP) is 5.71. The normalized spacial score (nSPS) is 11.0. The number of nitrogens with zero attached hydrogens (tertiary/aromatic N) is 4. The Balaban J connectivity index is 1.49. The molecule has 7 nitrogen and oxygen atoms in total. The van der Waals surface area contributed by atoms with Gasteiger partial charge in [0.05, 0.1) is 19.1 Å². The van der Waals surface area contributed by atoms with Crippen LogP contribution in [0.1, 0.15) is 5.56 Å². The van der Waals surface area contributed by atoms with E-state index in [2.05, 4.69) is 52.6 Å². The van der Waals surface area contributed by atoms with Gasteiger partial charge in [0.15, 0.2) is 11.0 Å². The topological polar surface area (TPSA) is 81.4 Å². The molecule has 0 bridgehead atoms. The van der Waals surface area contributed by atoms with Crippen LogP contribution < -0.4 is 10.2 Å². The molecule has 0 aliphatic rings. The molecule has 0 saturated carbocycles. The van der Waals surface area contributed by atoms with Gasteiger partial charge in [0.2, 0.25) is 0 Å². The van der Waals surface area contributed by atoms with Gasteiger partial charge >= 0.3 is 0 Å². The van der Waals surface area contributed by atoms with Crippen LogP contribution in [0.4, 0.5) is 0 Å². The van der Waals surface area contributed by atoms with Crippen LogP contribution in [0.3, 0.4) is 0 Å². The molecule has 34 heavy (non-hydrogen) atoms. The first-order valence-electron chi connectivity index (χ1n) is 10.1. The van der Waals surface area contributed by atoms with Gasteiger partial charge in [-0.1, -0.05) is 74.0 Å². The Hall–Kier alpha value is -2.95. The van der Waals surface area contributed by atoms with Crippen LogP contribution in [0.5, 0.6) is 5.75 Å². The summed E-state index contributed by atoms with van der Waals surface area (Å²) in [7, 11) is 1.58. The number of hydrazone groups is 1. The predicted molar refractivity (Wildman–Crippen MR) is 142 cm³/mol. The number of rotatable bonds is 8. The van der Waals surface area contributed by atoms with Gasteiger partial charge in [-0.3, -0.25) is 9.36 Å². The van der Waals surface area contributed by atoms with E-state index in [0.717, 1.165) is 25.8 Å². The minimum Gasteiger partial charge on any atom is -0.496 e. The maximum Gasteiger partial charge on any atom is 0.250 e. The molecule has 1 heterocycles. The molecular weight excluding hydrogens is 582 g/mol. The zero-order chi connectivity index (χ0) is 23.9. The van der Waals surface area contributed by atoms with Gasteiger partial charge in [-0.25, -0.2) is 5.43 Å². The van der Waals surface area contributed by atoms with Crippen molar-refractivity contribution in [1.29, 1.82) is 0 Å². The average Bonchev–Trinajstić information content (AvgIpc) is 3.28. The van der Waals surface area contributed by atoms with Crippen molar-refractivity contribution < 1.29 is 9.53 Å². The molecule has 0 aliphatic heterocycles. The fraction of sp³-hybridized carbons (Fsp3) is 0.0833. The highest BCUT2D eigenvalue weighted by Gasteiger charge is 2.17. The average molecular weight is 601 g/mol. The first-order valence-corrected chi connectivity index (χ1v) is 12.7. The van der Waals surface area contributed by atoms with Crippen LogP contribution in [0.2, 0.25) is 0 Å². The summed E-state index contributed by atoms with van der Waals surface area (Å²) in [5.74, 6) is 1.22. The number of halogens is 2. The summed E-state index contributed by atoms with van der Waals surface area (Å²) in [5.41, 5.74) is 5.13. The Morgan fingerprint density at radius 1 is 1.06 bits per heavy atom. The van der Waals surface area contributed by atoms with Gasteiger partial charge < -0.3 is 4.74 Å². The van der Waals surface area contributed by atoms with E-state index in [1.807, 2.05) is 77.4 Å². The lowest BCUT2D eigenvalue weighted by Crippen LogP contribution is -2.20. The molecule has 4 aromatic rings. The standard InChI is InChI=1S/C24H19Br2N5O2S/c1-33-21-12-11-19(26)13-17(21)14-27-28-22(32)15-34-24-30-29-23(16-7-9-18(25)10-8-16)31(24)20-5-3-2-4-6-20/h2-14H,15H2,1H3,(H,28,32)/b27-14+. The van der Waals surface area contributed by atoms with Gasteiger partial charge in [0, 0.05) is 25.8 Å². The van der Waals surface area contributed by atoms with E-state index < -0.39 is 0 Å². The number of carbonyl (C=O) groups is 1. The van der Waals surface area contributed by atoms with Gasteiger partial charge in [0.1, 0.15) is 5.75 Å². The number of thioether (sulfide) groups is 1. The van der Waals surface area contributed by atoms with Crippen molar-refractivity contribution in [3.05, 3.63) is 87.3 Å². The third-order valence-electron chi connectivity index (χ3n) is 4.67. The van der Waals surface area contributed by atoms with Gasteiger partial charge in [-0.05, 0) is 42.5 Å². The zero-order valence-electron chi connectivity index (χ0n) is 18.0. The molecular formula is C24H19Br2N5O2S. The first-order chi connectivity index (χ1) is 16.5. The molecule has 10 heteroatoms. The summed E-state index contributed by atoms with van der Waals surface area (Å²) in [4.78, 5) is 12.4. The Bertz CT molecular complexity index is 1310. The number of methoxy groups -OCH3 is 1. The van der Waals surface area contributed by atoms with E-state index in [4.69, 9.17) is 4.74 Å². The van der Waals surface area contributed by atoms with Gasteiger partial charge in [-0.2, -0.15) is 5.10 Å². The number of ether oxygens (including phenoxy) is 1. The third-order valence-corrected chi connectivity index (χ3v) is 6.62. The summed E-state index contributed by atoms with van der Waals surface area (Å²) < 4.78 is 9.12. The minimum atomic E-state index is -0.261. The molecule has 1 amide bonds. The molecule has 0 saturated heterocycles.